The van der Waals surface area contributed by atoms with Gasteiger partial charge in [0.05, 0.1) is 39.9 Å². The van der Waals surface area contributed by atoms with Gasteiger partial charge in [-0.15, -0.1) is 0 Å². The molecule has 8 nitrogen and oxygen atoms in total. The van der Waals surface area contributed by atoms with E-state index in [0.29, 0.717) is 17.4 Å². The number of hydrogen-bond acceptors (Lipinski definition) is 5. The SMILES string of the molecule is CC/C=C\C/C=C\C/C=C\C/C=C\C/C=C\C/C=C\C/C=C\C/C=C\C/C=C\C/C=C\CCCCCCC(=O)NC(COP(=O)(O)OCC[N+](C)(C)C)C(O)/C=C/CC/C=C/CCCCCCCCCCCCCCCCCC. The topological polar surface area (TPSA) is 105 Å². The highest BCUT2D eigenvalue weighted by molar-refractivity contribution is 7.47. The Labute approximate surface area is 487 Å². The summed E-state index contributed by atoms with van der Waals surface area (Å²) in [5.74, 6) is -0.216. The third-order valence-corrected chi connectivity index (χ3v) is 14.3. The lowest BCUT2D eigenvalue weighted by Gasteiger charge is -2.25. The van der Waals surface area contributed by atoms with Gasteiger partial charge in [-0.05, 0) is 109 Å². The average Bonchev–Trinajstić information content (AvgIpc) is 3.42. The van der Waals surface area contributed by atoms with Crippen molar-refractivity contribution in [1.29, 1.82) is 0 Å². The predicted molar refractivity (Wildman–Crippen MR) is 345 cm³/mol. The maximum absolute atomic E-state index is 13.0. The maximum atomic E-state index is 13.0. The van der Waals surface area contributed by atoms with E-state index in [0.717, 1.165) is 116 Å². The van der Waals surface area contributed by atoms with Crippen molar-refractivity contribution in [1.82, 2.24) is 5.32 Å². The number of rotatable bonds is 56. The van der Waals surface area contributed by atoms with Crippen molar-refractivity contribution >= 4 is 13.7 Å². The van der Waals surface area contributed by atoms with Gasteiger partial charge in [0, 0.05) is 6.42 Å². The van der Waals surface area contributed by atoms with Crippen LogP contribution in [0.2, 0.25) is 0 Å². The lowest BCUT2D eigenvalue weighted by atomic mass is 10.0. The molecule has 3 atom stereocenters. The van der Waals surface area contributed by atoms with E-state index in [9.17, 15) is 19.4 Å². The standard InChI is InChI=1S/C70H119N2O6P/c1-6-8-10-12-14-16-18-20-22-24-26-28-30-31-32-33-34-35-36-37-38-39-40-41-42-44-46-48-50-52-54-56-58-60-62-64-70(74)71-68(67-78-79(75,76)77-66-65-72(3,4)5)69(73)63-61-59-57-55-53-51-49-47-45-43-29-27-25-23-21-19-17-15-13-11-9-7-2/h8,10,14,16,20,22,26,28,31-32,34-35,37-38,40-41,44,46,50,52-53,55,61,63,68-69,73H,6-7,9,11-13,15,17-19,21,23-25,27,29-30,33,36,39,42-43,45,47-49,51,54,56-60,62,64-67H2,1-5H3,(H-,71,74,75,76)/p+1/b10-8-,16-14-,22-20-,28-26-,32-31-,35-34-,38-37-,41-40-,46-44-,52-50-,55-53+,63-61+. The van der Waals surface area contributed by atoms with Crippen molar-refractivity contribution in [2.45, 2.75) is 251 Å². The number of quaternary nitrogens is 1. The van der Waals surface area contributed by atoms with E-state index in [2.05, 4.69) is 153 Å². The van der Waals surface area contributed by atoms with Gasteiger partial charge in [-0.25, -0.2) is 4.57 Å². The number of carbonyl (C=O) groups excluding carboxylic acids is 1. The Bertz CT molecular complexity index is 1790. The molecule has 0 radical (unpaired) electrons. The molecule has 450 valence electrons. The van der Waals surface area contributed by atoms with Crippen molar-refractivity contribution in [3.05, 3.63) is 146 Å². The fourth-order valence-corrected chi connectivity index (χ4v) is 9.12. The number of unbranched alkanes of at least 4 members (excludes halogenated alkanes) is 21. The van der Waals surface area contributed by atoms with Crippen molar-refractivity contribution in [2.75, 3.05) is 40.9 Å². The van der Waals surface area contributed by atoms with Gasteiger partial charge in [0.15, 0.2) is 0 Å². The summed E-state index contributed by atoms with van der Waals surface area (Å²) in [6.07, 6.45) is 91.1. The molecule has 9 heteroatoms. The molecule has 0 aromatic rings. The molecule has 0 bridgehead atoms. The summed E-state index contributed by atoms with van der Waals surface area (Å²) in [7, 11) is 1.52. The van der Waals surface area contributed by atoms with Gasteiger partial charge in [0.1, 0.15) is 13.2 Å². The third kappa shape index (κ3) is 61.8. The molecule has 0 heterocycles. The van der Waals surface area contributed by atoms with E-state index in [1.54, 1.807) is 6.08 Å². The van der Waals surface area contributed by atoms with E-state index >= 15 is 0 Å². The molecule has 3 N–H and O–H groups in total. The third-order valence-electron chi connectivity index (χ3n) is 13.3. The van der Waals surface area contributed by atoms with Crippen LogP contribution >= 0.6 is 7.82 Å². The number of hydrogen-bond donors (Lipinski definition) is 3. The second-order valence-corrected chi connectivity index (χ2v) is 23.5. The highest BCUT2D eigenvalue weighted by atomic mass is 31.2. The molecule has 0 saturated heterocycles. The van der Waals surface area contributed by atoms with Gasteiger partial charge in [0.25, 0.3) is 0 Å². The second-order valence-electron chi connectivity index (χ2n) is 22.0. The summed E-state index contributed by atoms with van der Waals surface area (Å²) in [6, 6.07) is -0.890. The molecule has 0 aliphatic heterocycles. The minimum atomic E-state index is -4.38. The lowest BCUT2D eigenvalue weighted by Crippen LogP contribution is -2.45. The molecular formula is C70H120N2O6P+. The highest BCUT2D eigenvalue weighted by Crippen LogP contribution is 2.43. The largest absolute Gasteiger partial charge is 0.472 e. The molecule has 79 heavy (non-hydrogen) atoms. The maximum Gasteiger partial charge on any atom is 0.472 e. The fraction of sp³-hybridized carbons (Fsp3) is 0.643. The van der Waals surface area contributed by atoms with Crippen LogP contribution in [0.25, 0.3) is 0 Å². The summed E-state index contributed by atoms with van der Waals surface area (Å²) < 4.78 is 23.7. The van der Waals surface area contributed by atoms with Gasteiger partial charge < -0.3 is 19.8 Å². The quantitative estimate of drug-likeness (QED) is 0.0243. The summed E-state index contributed by atoms with van der Waals surface area (Å²) in [4.78, 5) is 23.3. The minimum Gasteiger partial charge on any atom is -0.387 e. The zero-order chi connectivity index (χ0) is 57.7. The van der Waals surface area contributed by atoms with Crippen molar-refractivity contribution < 1.29 is 32.9 Å². The normalized spacial score (nSPS) is 14.8. The molecule has 0 aromatic carbocycles. The smallest absolute Gasteiger partial charge is 0.387 e. The predicted octanol–water partition coefficient (Wildman–Crippen LogP) is 20.0. The van der Waals surface area contributed by atoms with Gasteiger partial charge in [-0.1, -0.05) is 269 Å². The number of aliphatic hydroxyl groups is 1. The van der Waals surface area contributed by atoms with E-state index in [1.165, 1.54) is 103 Å². The molecule has 0 rings (SSSR count). The number of carbonyl (C=O) groups is 1. The van der Waals surface area contributed by atoms with Gasteiger partial charge in [0.2, 0.25) is 5.91 Å². The number of aliphatic hydroxyl groups excluding tert-OH is 1. The first-order chi connectivity index (χ1) is 38.5. The van der Waals surface area contributed by atoms with E-state index in [-0.39, 0.29) is 19.1 Å². The number of allylic oxidation sites excluding steroid dienone is 23. The highest BCUT2D eigenvalue weighted by Gasteiger charge is 2.27. The Balaban J connectivity index is 4.30. The van der Waals surface area contributed by atoms with Crippen LogP contribution in [0, 0.1) is 0 Å². The fourth-order valence-electron chi connectivity index (χ4n) is 8.38. The van der Waals surface area contributed by atoms with Gasteiger partial charge in [-0.2, -0.15) is 0 Å². The molecule has 0 aliphatic rings. The molecule has 0 saturated carbocycles. The summed E-state index contributed by atoms with van der Waals surface area (Å²) >= 11 is 0. The van der Waals surface area contributed by atoms with E-state index in [4.69, 9.17) is 9.05 Å². The van der Waals surface area contributed by atoms with Gasteiger partial charge >= 0.3 is 7.82 Å². The Morgan fingerprint density at radius 2 is 0.772 bits per heavy atom. The number of phosphoric ester groups is 1. The molecular weight excluding hydrogens is 996 g/mol. The second kappa shape index (κ2) is 59.0. The number of nitrogens with one attached hydrogen (secondary N) is 1. The van der Waals surface area contributed by atoms with Crippen LogP contribution in [0.1, 0.15) is 239 Å². The Hall–Kier alpha value is -3.62. The van der Waals surface area contributed by atoms with Crippen LogP contribution in [0.3, 0.4) is 0 Å². The van der Waals surface area contributed by atoms with E-state index < -0.39 is 20.0 Å². The molecule has 3 unspecified atom stereocenters. The molecule has 0 fully saturated rings. The monoisotopic (exact) mass is 1120 g/mol. The van der Waals surface area contributed by atoms with Crippen LogP contribution in [0.4, 0.5) is 0 Å². The van der Waals surface area contributed by atoms with Crippen molar-refractivity contribution in [3.8, 4) is 0 Å². The number of amides is 1. The summed E-state index contributed by atoms with van der Waals surface area (Å²) in [5, 5.41) is 13.9. The summed E-state index contributed by atoms with van der Waals surface area (Å²) in [6.45, 7) is 4.66. The first-order valence-corrected chi connectivity index (χ1v) is 33.2. The van der Waals surface area contributed by atoms with Crippen LogP contribution in [0.5, 0.6) is 0 Å². The van der Waals surface area contributed by atoms with Crippen molar-refractivity contribution in [2.24, 2.45) is 0 Å². The Morgan fingerprint density at radius 3 is 1.16 bits per heavy atom. The van der Waals surface area contributed by atoms with Crippen LogP contribution < -0.4 is 5.32 Å². The van der Waals surface area contributed by atoms with Crippen molar-refractivity contribution in [3.63, 3.8) is 0 Å². The average molecular weight is 1120 g/mol. The first kappa shape index (κ1) is 75.4. The minimum absolute atomic E-state index is 0.0429. The van der Waals surface area contributed by atoms with Crippen LogP contribution in [-0.2, 0) is 18.4 Å². The molecule has 0 aromatic heterocycles. The zero-order valence-electron chi connectivity index (χ0n) is 51.3. The van der Waals surface area contributed by atoms with Crippen LogP contribution in [0.15, 0.2) is 146 Å². The van der Waals surface area contributed by atoms with Gasteiger partial charge in [-0.3, -0.25) is 13.8 Å². The Kier molecular flexibility index (Phi) is 56.3. The van der Waals surface area contributed by atoms with Crippen LogP contribution in [-0.4, -0.2) is 73.4 Å². The number of nitrogens with zero attached hydrogens (tertiary/aromatic N) is 1. The number of phosphoric acid groups is 1. The number of likely N-dealkylation sites (N-methyl/N-ethyl adjacent to an activating group) is 1. The zero-order valence-corrected chi connectivity index (χ0v) is 52.2. The van der Waals surface area contributed by atoms with E-state index in [1.807, 2.05) is 27.2 Å². The first-order valence-electron chi connectivity index (χ1n) is 31.7. The summed E-state index contributed by atoms with van der Waals surface area (Å²) in [5.41, 5.74) is 0. The molecule has 0 spiro atoms. The molecule has 1 amide bonds. The lowest BCUT2D eigenvalue weighted by molar-refractivity contribution is -0.870. The Morgan fingerprint density at radius 1 is 0.443 bits per heavy atom. The molecule has 0 aliphatic carbocycles.